The second-order valence-electron chi connectivity index (χ2n) is 10.9. The van der Waals surface area contributed by atoms with Crippen molar-refractivity contribution in [2.75, 3.05) is 57.8 Å². The fourth-order valence-electron chi connectivity index (χ4n) is 6.12. The molecule has 2 aromatic carbocycles. The summed E-state index contributed by atoms with van der Waals surface area (Å²) in [5.41, 5.74) is 2.92. The van der Waals surface area contributed by atoms with Gasteiger partial charge in [-0.25, -0.2) is 9.97 Å². The lowest BCUT2D eigenvalue weighted by Gasteiger charge is -2.28. The molecular weight excluding hydrogens is 534 g/mol. The normalized spacial score (nSPS) is 17.5. The van der Waals surface area contributed by atoms with Crippen LogP contribution in [-0.4, -0.2) is 83.1 Å². The van der Waals surface area contributed by atoms with Crippen LogP contribution < -0.4 is 24.4 Å². The molecule has 2 N–H and O–H groups in total. The van der Waals surface area contributed by atoms with E-state index in [2.05, 4.69) is 38.3 Å². The first kappa shape index (κ1) is 28.0. The topological polar surface area (TPSA) is 110 Å². The predicted octanol–water partition coefficient (Wildman–Crippen LogP) is 4.53. The van der Waals surface area contributed by atoms with Crippen LogP contribution in [-0.2, 0) is 6.54 Å². The average Bonchev–Trinajstić information content (AvgIpc) is 3.70. The molecule has 42 heavy (non-hydrogen) atoms. The summed E-state index contributed by atoms with van der Waals surface area (Å²) in [5.74, 6) is 3.57. The highest BCUT2D eigenvalue weighted by Gasteiger charge is 2.28. The maximum Gasteiger partial charge on any atom is 0.230 e. The zero-order valence-electron chi connectivity index (χ0n) is 24.5. The number of piperidine rings is 1. The average molecular weight is 574 g/mol. The minimum atomic E-state index is 0.0425. The Morgan fingerprint density at radius 1 is 0.952 bits per heavy atom. The highest BCUT2D eigenvalue weighted by molar-refractivity contribution is 5.93. The van der Waals surface area contributed by atoms with E-state index < -0.39 is 0 Å². The summed E-state index contributed by atoms with van der Waals surface area (Å²) in [4.78, 5) is 19.4. The molecule has 11 nitrogen and oxygen atoms in total. The smallest absolute Gasteiger partial charge is 0.230 e. The number of fused-ring (bicyclic) bond motifs is 1. The van der Waals surface area contributed by atoms with Crippen LogP contribution in [0, 0.1) is 0 Å². The van der Waals surface area contributed by atoms with Crippen molar-refractivity contribution in [3.05, 3.63) is 48.4 Å². The second kappa shape index (κ2) is 12.4. The summed E-state index contributed by atoms with van der Waals surface area (Å²) >= 11 is 0. The highest BCUT2D eigenvalue weighted by Crippen LogP contribution is 2.39. The molecule has 1 unspecified atom stereocenters. The number of aliphatic hydroxyl groups excluding tert-OH is 1. The lowest BCUT2D eigenvalue weighted by atomic mass is 10.1. The van der Waals surface area contributed by atoms with Crippen LogP contribution in [0.2, 0.25) is 0 Å². The third-order valence-corrected chi connectivity index (χ3v) is 8.26. The zero-order valence-corrected chi connectivity index (χ0v) is 24.5. The number of anilines is 3. The molecule has 0 bridgehead atoms. The van der Waals surface area contributed by atoms with E-state index in [0.29, 0.717) is 29.0 Å². The summed E-state index contributed by atoms with van der Waals surface area (Å²) in [7, 11) is 4.77. The Morgan fingerprint density at radius 2 is 1.74 bits per heavy atom. The van der Waals surface area contributed by atoms with Crippen molar-refractivity contribution in [2.24, 2.45) is 0 Å². The molecular formula is C31H39N7O4. The summed E-state index contributed by atoms with van der Waals surface area (Å²) in [6, 6.07) is 10.1. The van der Waals surface area contributed by atoms with Gasteiger partial charge in [-0.3, -0.25) is 4.90 Å². The first-order valence-corrected chi connectivity index (χ1v) is 14.6. The minimum absolute atomic E-state index is 0.0425. The lowest BCUT2D eigenvalue weighted by molar-refractivity contribution is 0.221. The number of hydrogen-bond donors (Lipinski definition) is 2. The lowest BCUT2D eigenvalue weighted by Crippen LogP contribution is -2.33. The van der Waals surface area contributed by atoms with Gasteiger partial charge in [0.05, 0.1) is 51.4 Å². The van der Waals surface area contributed by atoms with E-state index in [9.17, 15) is 5.11 Å². The van der Waals surface area contributed by atoms with Crippen LogP contribution in [0.25, 0.3) is 16.6 Å². The van der Waals surface area contributed by atoms with Gasteiger partial charge in [0.1, 0.15) is 12.1 Å². The summed E-state index contributed by atoms with van der Waals surface area (Å²) in [6.07, 6.45) is 9.32. The van der Waals surface area contributed by atoms with Gasteiger partial charge >= 0.3 is 0 Å². The molecule has 4 aromatic rings. The van der Waals surface area contributed by atoms with Gasteiger partial charge in [-0.1, -0.05) is 18.6 Å². The summed E-state index contributed by atoms with van der Waals surface area (Å²) in [6.45, 7) is 4.02. The number of nitrogens with one attached hydrogen (secondary N) is 1. The fourth-order valence-corrected chi connectivity index (χ4v) is 6.12. The van der Waals surface area contributed by atoms with Crippen molar-refractivity contribution in [3.8, 4) is 22.9 Å². The standard InChI is InChI=1S/C31H39N7O4/c1-40-25-15-23(16-26(41-2)29(25)42-3)37-18-27(32-20-37)33-31-34-28-21(17-36-12-5-4-6-13-36)9-7-11-24(28)30(35-31)38-14-8-10-22(38)19-39/h7,9,11,15-16,18,20,22,39H,4-6,8,10,12-14,17,19H2,1-3H3,(H,33,34,35). The number of aromatic nitrogens is 4. The van der Waals surface area contributed by atoms with Crippen molar-refractivity contribution in [3.63, 3.8) is 0 Å². The molecule has 2 aliphatic rings. The molecule has 1 atom stereocenters. The number of nitrogens with zero attached hydrogens (tertiary/aromatic N) is 6. The quantitative estimate of drug-likeness (QED) is 0.281. The number of likely N-dealkylation sites (tertiary alicyclic amines) is 1. The number of benzene rings is 2. The number of hydrogen-bond acceptors (Lipinski definition) is 10. The molecule has 222 valence electrons. The number of methoxy groups -OCH3 is 3. The second-order valence-corrected chi connectivity index (χ2v) is 10.9. The van der Waals surface area contributed by atoms with Crippen LogP contribution in [0.1, 0.15) is 37.7 Å². The molecule has 0 saturated carbocycles. The number of ether oxygens (including phenoxy) is 3. The highest BCUT2D eigenvalue weighted by atomic mass is 16.5. The third-order valence-electron chi connectivity index (χ3n) is 8.26. The Kier molecular flexibility index (Phi) is 8.29. The van der Waals surface area contributed by atoms with Gasteiger partial charge in [0.25, 0.3) is 0 Å². The van der Waals surface area contributed by atoms with Gasteiger partial charge in [-0.2, -0.15) is 4.98 Å². The first-order valence-electron chi connectivity index (χ1n) is 14.6. The maximum absolute atomic E-state index is 10.1. The summed E-state index contributed by atoms with van der Waals surface area (Å²) < 4.78 is 18.4. The van der Waals surface area contributed by atoms with Crippen molar-refractivity contribution < 1.29 is 19.3 Å². The van der Waals surface area contributed by atoms with Gasteiger partial charge < -0.3 is 34.1 Å². The molecule has 0 aliphatic carbocycles. The maximum atomic E-state index is 10.1. The van der Waals surface area contributed by atoms with E-state index in [1.165, 1.54) is 24.8 Å². The van der Waals surface area contributed by atoms with E-state index in [4.69, 9.17) is 24.2 Å². The molecule has 2 saturated heterocycles. The molecule has 0 radical (unpaired) electrons. The van der Waals surface area contributed by atoms with Crippen LogP contribution >= 0.6 is 0 Å². The molecule has 2 fully saturated rings. The van der Waals surface area contributed by atoms with Crippen LogP contribution in [0.4, 0.5) is 17.6 Å². The monoisotopic (exact) mass is 573 g/mol. The number of aliphatic hydroxyl groups is 1. The van der Waals surface area contributed by atoms with Gasteiger partial charge in [-0.05, 0) is 50.4 Å². The minimum Gasteiger partial charge on any atom is -0.493 e. The van der Waals surface area contributed by atoms with Gasteiger partial charge in [0, 0.05) is 30.6 Å². The number of para-hydroxylation sites is 1. The Balaban J connectivity index is 1.37. The van der Waals surface area contributed by atoms with Crippen LogP contribution in [0.3, 0.4) is 0 Å². The molecule has 0 amide bonds. The van der Waals surface area contributed by atoms with Gasteiger partial charge in [-0.15, -0.1) is 0 Å². The molecule has 2 aromatic heterocycles. The largest absolute Gasteiger partial charge is 0.493 e. The Morgan fingerprint density at radius 3 is 2.45 bits per heavy atom. The van der Waals surface area contributed by atoms with Crippen molar-refractivity contribution in [1.29, 1.82) is 0 Å². The molecule has 2 aliphatic heterocycles. The Bertz CT molecular complexity index is 1510. The van der Waals surface area contributed by atoms with E-state index in [-0.39, 0.29) is 12.6 Å². The first-order chi connectivity index (χ1) is 20.6. The molecule has 11 heteroatoms. The van der Waals surface area contributed by atoms with Gasteiger partial charge in [0.15, 0.2) is 17.3 Å². The molecule has 0 spiro atoms. The van der Waals surface area contributed by atoms with Crippen LogP contribution in [0.15, 0.2) is 42.9 Å². The fraction of sp³-hybridized carbons (Fsp3) is 0.452. The van der Waals surface area contributed by atoms with E-state index in [0.717, 1.165) is 61.4 Å². The number of rotatable bonds is 10. The van der Waals surface area contributed by atoms with Crippen molar-refractivity contribution in [2.45, 2.75) is 44.7 Å². The van der Waals surface area contributed by atoms with Crippen molar-refractivity contribution >= 4 is 28.5 Å². The van der Waals surface area contributed by atoms with E-state index in [1.54, 1.807) is 27.7 Å². The Hall–Kier alpha value is -4.09. The third kappa shape index (κ3) is 5.54. The molecule has 6 rings (SSSR count). The van der Waals surface area contributed by atoms with E-state index in [1.807, 2.05) is 22.9 Å². The molecule has 4 heterocycles. The zero-order chi connectivity index (χ0) is 29.1. The van der Waals surface area contributed by atoms with Crippen molar-refractivity contribution in [1.82, 2.24) is 24.4 Å². The predicted molar refractivity (Wildman–Crippen MR) is 163 cm³/mol. The summed E-state index contributed by atoms with van der Waals surface area (Å²) in [5, 5.41) is 14.5. The van der Waals surface area contributed by atoms with Gasteiger partial charge in [0.2, 0.25) is 11.7 Å². The Labute approximate surface area is 246 Å². The van der Waals surface area contributed by atoms with E-state index >= 15 is 0 Å². The van der Waals surface area contributed by atoms with Crippen LogP contribution in [0.5, 0.6) is 17.2 Å². The SMILES string of the molecule is COc1cc(-n2cnc(Nc3nc(N4CCCC4CO)c4cccc(CN5CCCCC5)c4n3)c2)cc(OC)c1OC. The number of imidazole rings is 1.